The molecule has 1 heteroatoms. The molecule has 0 heterocycles. The van der Waals surface area contributed by atoms with Gasteiger partial charge in [0.2, 0.25) is 0 Å². The first-order chi connectivity index (χ1) is 6.56. The molecular weight excluding hydrogens is 172 g/mol. The second kappa shape index (κ2) is 7.88. The van der Waals surface area contributed by atoms with Crippen molar-refractivity contribution in [3.63, 3.8) is 0 Å². The average molecular weight is 196 g/mol. The smallest absolute Gasteiger partial charge is 0.0598 e. The van der Waals surface area contributed by atoms with E-state index in [1.807, 2.05) is 0 Å². The molecule has 0 atom stereocenters. The lowest BCUT2D eigenvalue weighted by Crippen LogP contribution is -2.19. The summed E-state index contributed by atoms with van der Waals surface area (Å²) >= 11 is 0. The highest BCUT2D eigenvalue weighted by Crippen LogP contribution is 2.09. The Morgan fingerprint density at radius 1 is 1.00 bits per heavy atom. The molecule has 0 aliphatic heterocycles. The molecule has 0 saturated carbocycles. The lowest BCUT2D eigenvalue weighted by atomic mass is 10.1. The van der Waals surface area contributed by atoms with Crippen LogP contribution in [0.1, 0.15) is 59.3 Å². The van der Waals surface area contributed by atoms with Gasteiger partial charge < -0.3 is 4.74 Å². The number of rotatable bonds is 7. The molecule has 82 valence electrons. The van der Waals surface area contributed by atoms with Crippen molar-refractivity contribution in [2.75, 3.05) is 6.61 Å². The summed E-state index contributed by atoms with van der Waals surface area (Å²) in [5.41, 5.74) is 0.0173. The maximum atomic E-state index is 5.62. The van der Waals surface area contributed by atoms with Gasteiger partial charge in [-0.05, 0) is 33.6 Å². The predicted molar refractivity (Wildman–Crippen MR) is 62.2 cm³/mol. The Kier molecular flexibility index (Phi) is 7.61. The van der Waals surface area contributed by atoms with Crippen LogP contribution in [0.2, 0.25) is 0 Å². The molecule has 0 N–H and O–H groups in total. The van der Waals surface area contributed by atoms with Crippen LogP contribution < -0.4 is 0 Å². The van der Waals surface area contributed by atoms with Gasteiger partial charge in [0, 0.05) is 13.0 Å². The van der Waals surface area contributed by atoms with E-state index in [4.69, 9.17) is 11.2 Å². The Labute approximate surface area is 89.2 Å². The average Bonchev–Trinajstić information content (AvgIpc) is 2.08. The van der Waals surface area contributed by atoms with E-state index in [1.165, 1.54) is 32.1 Å². The number of unbranched alkanes of at least 4 members (excludes halogenated alkanes) is 5. The van der Waals surface area contributed by atoms with E-state index in [1.54, 1.807) is 0 Å². The summed E-state index contributed by atoms with van der Waals surface area (Å²) in [5.74, 6) is 2.66. The largest absolute Gasteiger partial charge is 0.376 e. The van der Waals surface area contributed by atoms with Gasteiger partial charge in [-0.1, -0.05) is 19.3 Å². The Morgan fingerprint density at radius 2 is 1.57 bits per heavy atom. The first-order valence-corrected chi connectivity index (χ1v) is 5.64. The van der Waals surface area contributed by atoms with Crippen LogP contribution in [-0.4, -0.2) is 12.2 Å². The molecule has 0 aromatic heterocycles. The fourth-order valence-electron chi connectivity index (χ4n) is 1.24. The number of hydrogen-bond acceptors (Lipinski definition) is 1. The molecule has 0 aromatic carbocycles. The Hall–Kier alpha value is -0.480. The van der Waals surface area contributed by atoms with Gasteiger partial charge in [-0.3, -0.25) is 0 Å². The quantitative estimate of drug-likeness (QED) is 0.445. The SMILES string of the molecule is C#CCCCCCCCOC(C)(C)C. The lowest BCUT2D eigenvalue weighted by Gasteiger charge is -2.19. The van der Waals surface area contributed by atoms with Crippen molar-refractivity contribution in [3.05, 3.63) is 0 Å². The molecule has 0 saturated heterocycles. The monoisotopic (exact) mass is 196 g/mol. The second-order valence-electron chi connectivity index (χ2n) is 4.68. The molecule has 0 bridgehead atoms. The molecule has 0 spiro atoms. The minimum atomic E-state index is 0.0173. The normalized spacial score (nSPS) is 11.3. The molecule has 0 aromatic rings. The van der Waals surface area contributed by atoms with Crippen molar-refractivity contribution >= 4 is 0 Å². The van der Waals surface area contributed by atoms with Gasteiger partial charge in [0.05, 0.1) is 5.60 Å². The zero-order valence-corrected chi connectivity index (χ0v) is 9.94. The van der Waals surface area contributed by atoms with E-state index >= 15 is 0 Å². The van der Waals surface area contributed by atoms with Gasteiger partial charge in [0.1, 0.15) is 0 Å². The summed E-state index contributed by atoms with van der Waals surface area (Å²) < 4.78 is 5.62. The zero-order valence-electron chi connectivity index (χ0n) is 9.94. The molecule has 0 radical (unpaired) electrons. The van der Waals surface area contributed by atoms with E-state index in [2.05, 4.69) is 26.7 Å². The van der Waals surface area contributed by atoms with Crippen LogP contribution >= 0.6 is 0 Å². The van der Waals surface area contributed by atoms with Crippen LogP contribution in [0.15, 0.2) is 0 Å². The van der Waals surface area contributed by atoms with Gasteiger partial charge in [-0.25, -0.2) is 0 Å². The molecule has 0 rings (SSSR count). The summed E-state index contributed by atoms with van der Waals surface area (Å²) in [7, 11) is 0. The summed E-state index contributed by atoms with van der Waals surface area (Å²) in [4.78, 5) is 0. The maximum Gasteiger partial charge on any atom is 0.0598 e. The molecular formula is C13H24O. The minimum absolute atomic E-state index is 0.0173. The van der Waals surface area contributed by atoms with Crippen LogP contribution in [0.4, 0.5) is 0 Å². The topological polar surface area (TPSA) is 9.23 Å². The van der Waals surface area contributed by atoms with Gasteiger partial charge in [0.25, 0.3) is 0 Å². The predicted octanol–water partition coefficient (Wildman–Crippen LogP) is 3.78. The Balaban J connectivity index is 3.04. The van der Waals surface area contributed by atoms with Crippen molar-refractivity contribution in [2.24, 2.45) is 0 Å². The standard InChI is InChI=1S/C13H24O/c1-5-6-7-8-9-10-11-12-14-13(2,3)4/h1H,6-12H2,2-4H3. The van der Waals surface area contributed by atoms with Crippen LogP contribution in [0.3, 0.4) is 0 Å². The Morgan fingerprint density at radius 3 is 2.14 bits per heavy atom. The molecule has 0 amide bonds. The molecule has 1 nitrogen and oxygen atoms in total. The summed E-state index contributed by atoms with van der Waals surface area (Å²) in [6.07, 6.45) is 12.3. The highest BCUT2D eigenvalue weighted by molar-refractivity contribution is 4.82. The van der Waals surface area contributed by atoms with Crippen molar-refractivity contribution in [1.82, 2.24) is 0 Å². The van der Waals surface area contributed by atoms with Crippen LogP contribution in [0, 0.1) is 12.3 Å². The van der Waals surface area contributed by atoms with Crippen LogP contribution in [-0.2, 0) is 4.74 Å². The Bertz CT molecular complexity index is 159. The van der Waals surface area contributed by atoms with Crippen LogP contribution in [0.25, 0.3) is 0 Å². The second-order valence-corrected chi connectivity index (χ2v) is 4.68. The van der Waals surface area contributed by atoms with Crippen molar-refractivity contribution < 1.29 is 4.74 Å². The van der Waals surface area contributed by atoms with Gasteiger partial charge in [-0.15, -0.1) is 12.3 Å². The van der Waals surface area contributed by atoms with E-state index in [-0.39, 0.29) is 5.60 Å². The van der Waals surface area contributed by atoms with Crippen molar-refractivity contribution in [1.29, 1.82) is 0 Å². The zero-order chi connectivity index (χ0) is 10.9. The lowest BCUT2D eigenvalue weighted by molar-refractivity contribution is -0.00474. The van der Waals surface area contributed by atoms with E-state index in [0.717, 1.165) is 13.0 Å². The highest BCUT2D eigenvalue weighted by Gasteiger charge is 2.08. The molecule has 0 aliphatic carbocycles. The van der Waals surface area contributed by atoms with Gasteiger partial charge in [0.15, 0.2) is 0 Å². The molecule has 0 fully saturated rings. The molecule has 0 aliphatic rings. The number of ether oxygens (including phenoxy) is 1. The molecule has 0 unspecified atom stereocenters. The van der Waals surface area contributed by atoms with E-state index in [9.17, 15) is 0 Å². The number of hydrogen-bond donors (Lipinski definition) is 0. The summed E-state index contributed by atoms with van der Waals surface area (Å²) in [6.45, 7) is 7.18. The minimum Gasteiger partial charge on any atom is -0.376 e. The van der Waals surface area contributed by atoms with Crippen molar-refractivity contribution in [2.45, 2.75) is 64.9 Å². The first kappa shape index (κ1) is 13.5. The van der Waals surface area contributed by atoms with Gasteiger partial charge >= 0.3 is 0 Å². The maximum absolute atomic E-state index is 5.62. The summed E-state index contributed by atoms with van der Waals surface area (Å²) in [6, 6.07) is 0. The third-order valence-electron chi connectivity index (χ3n) is 2.00. The van der Waals surface area contributed by atoms with E-state index in [0.29, 0.717) is 0 Å². The highest BCUT2D eigenvalue weighted by atomic mass is 16.5. The van der Waals surface area contributed by atoms with Crippen LogP contribution in [0.5, 0.6) is 0 Å². The third-order valence-corrected chi connectivity index (χ3v) is 2.00. The van der Waals surface area contributed by atoms with E-state index < -0.39 is 0 Å². The first-order valence-electron chi connectivity index (χ1n) is 5.64. The van der Waals surface area contributed by atoms with Crippen molar-refractivity contribution in [3.8, 4) is 12.3 Å². The third kappa shape index (κ3) is 11.5. The fourth-order valence-corrected chi connectivity index (χ4v) is 1.24. The molecule has 14 heavy (non-hydrogen) atoms. The number of terminal acetylenes is 1. The summed E-state index contributed by atoms with van der Waals surface area (Å²) in [5, 5.41) is 0. The van der Waals surface area contributed by atoms with Gasteiger partial charge in [-0.2, -0.15) is 0 Å². The fraction of sp³-hybridized carbons (Fsp3) is 0.846.